The number of carbonyl (C=O) groups excluding carboxylic acids is 2. The third kappa shape index (κ3) is 3.14. The second kappa shape index (κ2) is 6.48. The van der Waals surface area contributed by atoms with Crippen LogP contribution in [0.1, 0.15) is 23.7 Å². The van der Waals surface area contributed by atoms with Gasteiger partial charge in [0.1, 0.15) is 0 Å². The molecule has 0 saturated carbocycles. The average molecular weight is 302 g/mol. The summed E-state index contributed by atoms with van der Waals surface area (Å²) in [5.41, 5.74) is 0.722. The van der Waals surface area contributed by atoms with Crippen LogP contribution in [0.2, 0.25) is 0 Å². The van der Waals surface area contributed by atoms with Crippen molar-refractivity contribution in [3.8, 4) is 0 Å². The van der Waals surface area contributed by atoms with E-state index in [9.17, 15) is 9.59 Å². The number of nitrogens with zero attached hydrogens (tertiary/aromatic N) is 2. The summed E-state index contributed by atoms with van der Waals surface area (Å²) in [5, 5.41) is 0. The molecule has 1 aromatic rings. The van der Waals surface area contributed by atoms with Gasteiger partial charge in [0.15, 0.2) is 0 Å². The molecule has 2 aliphatic heterocycles. The summed E-state index contributed by atoms with van der Waals surface area (Å²) < 4.78 is 5.92. The number of piperidine rings is 1. The molecule has 0 aromatic heterocycles. The SMILES string of the molecule is CC(=O)N1CCO[C@H]2CN(C(=O)c3ccccc3)CC[C@H]2C1. The summed E-state index contributed by atoms with van der Waals surface area (Å²) in [6.45, 7) is 4.89. The second-order valence-corrected chi connectivity index (χ2v) is 6.04. The van der Waals surface area contributed by atoms with Crippen molar-refractivity contribution in [1.82, 2.24) is 9.80 Å². The van der Waals surface area contributed by atoms with Crippen molar-refractivity contribution in [2.45, 2.75) is 19.4 Å². The highest BCUT2D eigenvalue weighted by Crippen LogP contribution is 2.25. The van der Waals surface area contributed by atoms with Gasteiger partial charge in [-0.15, -0.1) is 0 Å². The van der Waals surface area contributed by atoms with Gasteiger partial charge < -0.3 is 14.5 Å². The summed E-state index contributed by atoms with van der Waals surface area (Å²) in [5.74, 6) is 0.494. The largest absolute Gasteiger partial charge is 0.374 e. The van der Waals surface area contributed by atoms with E-state index < -0.39 is 0 Å². The Bertz CT molecular complexity index is 546. The molecule has 0 spiro atoms. The van der Waals surface area contributed by atoms with E-state index in [4.69, 9.17) is 4.74 Å². The molecule has 0 N–H and O–H groups in total. The molecule has 5 nitrogen and oxygen atoms in total. The summed E-state index contributed by atoms with van der Waals surface area (Å²) in [6, 6.07) is 9.37. The Morgan fingerprint density at radius 2 is 1.86 bits per heavy atom. The highest BCUT2D eigenvalue weighted by molar-refractivity contribution is 5.94. The molecular weight excluding hydrogens is 280 g/mol. The Labute approximate surface area is 130 Å². The zero-order valence-corrected chi connectivity index (χ0v) is 12.9. The van der Waals surface area contributed by atoms with E-state index in [0.29, 0.717) is 25.6 Å². The number of hydrogen-bond donors (Lipinski definition) is 0. The topological polar surface area (TPSA) is 49.9 Å². The van der Waals surface area contributed by atoms with Gasteiger partial charge in [-0.05, 0) is 18.6 Å². The van der Waals surface area contributed by atoms with E-state index >= 15 is 0 Å². The third-order valence-electron chi connectivity index (χ3n) is 4.60. The van der Waals surface area contributed by atoms with Crippen molar-refractivity contribution in [3.63, 3.8) is 0 Å². The zero-order valence-electron chi connectivity index (χ0n) is 12.9. The summed E-state index contributed by atoms with van der Waals surface area (Å²) in [4.78, 5) is 27.9. The molecule has 2 amide bonds. The number of rotatable bonds is 1. The lowest BCUT2D eigenvalue weighted by Gasteiger charge is -2.38. The van der Waals surface area contributed by atoms with Crippen LogP contribution in [-0.4, -0.2) is 60.5 Å². The molecule has 0 aliphatic carbocycles. The maximum atomic E-state index is 12.5. The molecule has 2 heterocycles. The van der Waals surface area contributed by atoms with E-state index in [2.05, 4.69) is 0 Å². The monoisotopic (exact) mass is 302 g/mol. The lowest BCUT2D eigenvalue weighted by molar-refractivity contribution is -0.129. The predicted molar refractivity (Wildman–Crippen MR) is 82.4 cm³/mol. The molecule has 1 aromatic carbocycles. The molecule has 118 valence electrons. The van der Waals surface area contributed by atoms with E-state index in [-0.39, 0.29) is 17.9 Å². The number of fused-ring (bicyclic) bond motifs is 1. The summed E-state index contributed by atoms with van der Waals surface area (Å²) in [7, 11) is 0. The van der Waals surface area contributed by atoms with Gasteiger partial charge in [-0.3, -0.25) is 9.59 Å². The van der Waals surface area contributed by atoms with Crippen molar-refractivity contribution in [1.29, 1.82) is 0 Å². The first kappa shape index (κ1) is 15.0. The van der Waals surface area contributed by atoms with Gasteiger partial charge >= 0.3 is 0 Å². The molecule has 5 heteroatoms. The minimum Gasteiger partial charge on any atom is -0.374 e. The molecule has 2 atom stereocenters. The fraction of sp³-hybridized carbons (Fsp3) is 0.529. The molecular formula is C17H22N2O3. The molecule has 2 fully saturated rings. The van der Waals surface area contributed by atoms with Gasteiger partial charge in [0.2, 0.25) is 5.91 Å². The maximum Gasteiger partial charge on any atom is 0.253 e. The van der Waals surface area contributed by atoms with Crippen molar-refractivity contribution < 1.29 is 14.3 Å². The lowest BCUT2D eigenvalue weighted by Crippen LogP contribution is -2.49. The molecule has 0 radical (unpaired) electrons. The summed E-state index contributed by atoms with van der Waals surface area (Å²) >= 11 is 0. The standard InChI is InChI=1S/C17H22N2O3/c1-13(20)18-9-10-22-16-12-19(8-7-15(16)11-18)17(21)14-5-3-2-4-6-14/h2-6,15-16H,7-12H2,1H3/t15-,16-/m0/s1. The van der Waals surface area contributed by atoms with Gasteiger partial charge in [-0.25, -0.2) is 0 Å². The normalized spacial score (nSPS) is 25.3. The second-order valence-electron chi connectivity index (χ2n) is 6.04. The number of carbonyl (C=O) groups is 2. The Kier molecular flexibility index (Phi) is 4.43. The number of benzene rings is 1. The molecule has 3 rings (SSSR count). The van der Waals surface area contributed by atoms with E-state index in [1.54, 1.807) is 6.92 Å². The van der Waals surface area contributed by atoms with Crippen LogP contribution >= 0.6 is 0 Å². The van der Waals surface area contributed by atoms with Crippen LogP contribution in [0, 0.1) is 5.92 Å². The Hall–Kier alpha value is -1.88. The van der Waals surface area contributed by atoms with Gasteiger partial charge in [0, 0.05) is 44.6 Å². The summed E-state index contributed by atoms with van der Waals surface area (Å²) in [6.07, 6.45) is 0.915. The van der Waals surface area contributed by atoms with Crippen molar-refractivity contribution >= 4 is 11.8 Å². The predicted octanol–water partition coefficient (Wildman–Crippen LogP) is 1.40. The first-order valence-corrected chi connectivity index (χ1v) is 7.86. The average Bonchev–Trinajstić information content (AvgIpc) is 2.76. The zero-order chi connectivity index (χ0) is 15.5. The molecule has 2 saturated heterocycles. The maximum absolute atomic E-state index is 12.5. The highest BCUT2D eigenvalue weighted by Gasteiger charge is 2.35. The number of amides is 2. The van der Waals surface area contributed by atoms with E-state index in [1.165, 1.54) is 0 Å². The number of ether oxygens (including phenoxy) is 1. The lowest BCUT2D eigenvalue weighted by atomic mass is 9.93. The van der Waals surface area contributed by atoms with Crippen LogP contribution < -0.4 is 0 Å². The van der Waals surface area contributed by atoms with Crippen LogP contribution in [0.25, 0.3) is 0 Å². The van der Waals surface area contributed by atoms with Crippen LogP contribution in [-0.2, 0) is 9.53 Å². The van der Waals surface area contributed by atoms with Gasteiger partial charge in [-0.1, -0.05) is 18.2 Å². The van der Waals surface area contributed by atoms with Gasteiger partial charge in [-0.2, -0.15) is 0 Å². The van der Waals surface area contributed by atoms with Crippen molar-refractivity contribution in [3.05, 3.63) is 35.9 Å². The quantitative estimate of drug-likeness (QED) is 0.788. The fourth-order valence-electron chi connectivity index (χ4n) is 3.29. The van der Waals surface area contributed by atoms with Crippen LogP contribution in [0.3, 0.4) is 0 Å². The number of hydrogen-bond acceptors (Lipinski definition) is 3. The van der Waals surface area contributed by atoms with Crippen LogP contribution in [0.4, 0.5) is 0 Å². The first-order valence-electron chi connectivity index (χ1n) is 7.86. The van der Waals surface area contributed by atoms with Crippen LogP contribution in [0.15, 0.2) is 30.3 Å². The Balaban J connectivity index is 1.67. The molecule has 22 heavy (non-hydrogen) atoms. The van der Waals surface area contributed by atoms with Crippen molar-refractivity contribution in [2.24, 2.45) is 5.92 Å². The van der Waals surface area contributed by atoms with Gasteiger partial charge in [0.05, 0.1) is 12.7 Å². The first-order chi connectivity index (χ1) is 10.6. The van der Waals surface area contributed by atoms with E-state index in [1.807, 2.05) is 40.1 Å². The van der Waals surface area contributed by atoms with Crippen molar-refractivity contribution in [2.75, 3.05) is 32.8 Å². The smallest absolute Gasteiger partial charge is 0.253 e. The van der Waals surface area contributed by atoms with E-state index in [0.717, 1.165) is 25.1 Å². The molecule has 2 aliphatic rings. The molecule has 0 unspecified atom stereocenters. The minimum absolute atomic E-state index is 0.0331. The van der Waals surface area contributed by atoms with Crippen LogP contribution in [0.5, 0.6) is 0 Å². The molecule has 0 bridgehead atoms. The minimum atomic E-state index is 0.0331. The Morgan fingerprint density at radius 3 is 2.59 bits per heavy atom. The highest BCUT2D eigenvalue weighted by atomic mass is 16.5. The fourth-order valence-corrected chi connectivity index (χ4v) is 3.29. The van der Waals surface area contributed by atoms with Gasteiger partial charge in [0.25, 0.3) is 5.91 Å². The Morgan fingerprint density at radius 1 is 1.09 bits per heavy atom. The third-order valence-corrected chi connectivity index (χ3v) is 4.60. The number of likely N-dealkylation sites (tertiary alicyclic amines) is 1.